The minimum absolute atomic E-state index is 0.365. The second-order valence-electron chi connectivity index (χ2n) is 5.75. The maximum absolute atomic E-state index is 13.6. The Labute approximate surface area is 154 Å². The Kier molecular flexibility index (Phi) is 6.59. The molecule has 0 bridgehead atoms. The number of benzene rings is 2. The maximum Gasteiger partial charge on any atom is 0.329 e. The zero-order chi connectivity index (χ0) is 20.0. The molecule has 2 atom stereocenters. The molecule has 2 amide bonds. The summed E-state index contributed by atoms with van der Waals surface area (Å²) in [6, 6.07) is 9.83. The quantitative estimate of drug-likeness (QED) is 0.759. The van der Waals surface area contributed by atoms with Crippen molar-refractivity contribution in [1.29, 1.82) is 0 Å². The fraction of sp³-hybridized carbons (Fsp3) is 0.211. The van der Waals surface area contributed by atoms with Crippen molar-refractivity contribution in [2.24, 2.45) is 0 Å². The lowest BCUT2D eigenvalue weighted by molar-refractivity contribution is -0.154. The van der Waals surface area contributed by atoms with E-state index in [9.17, 15) is 23.2 Å². The number of carbonyl (C=O) groups excluding carboxylic acids is 3. The van der Waals surface area contributed by atoms with Crippen LogP contribution in [0.1, 0.15) is 24.2 Å². The van der Waals surface area contributed by atoms with E-state index in [2.05, 4.69) is 10.6 Å². The van der Waals surface area contributed by atoms with Gasteiger partial charge in [0.2, 0.25) is 0 Å². The summed E-state index contributed by atoms with van der Waals surface area (Å²) in [6.45, 7) is 2.68. The molecule has 2 aromatic rings. The summed E-state index contributed by atoms with van der Waals surface area (Å²) in [7, 11) is 0. The predicted molar refractivity (Wildman–Crippen MR) is 93.9 cm³/mol. The van der Waals surface area contributed by atoms with Gasteiger partial charge >= 0.3 is 5.97 Å². The first-order valence-corrected chi connectivity index (χ1v) is 8.10. The van der Waals surface area contributed by atoms with Crippen LogP contribution in [0.4, 0.5) is 14.5 Å². The standard InChI is InChI=1S/C19H18F2N2O4/c1-11(22-18(25)13-6-4-3-5-7-13)19(26)27-12(2)17(24)23-16-10-14(20)8-9-15(16)21/h3-12H,1-2H3,(H,22,25)(H,23,24)/t11-,12+/m0/s1. The first kappa shape index (κ1) is 20.0. The summed E-state index contributed by atoms with van der Waals surface area (Å²) in [5.41, 5.74) is -0.00199. The number of carbonyl (C=O) groups is 3. The van der Waals surface area contributed by atoms with E-state index in [-0.39, 0.29) is 5.69 Å². The summed E-state index contributed by atoms with van der Waals surface area (Å²) >= 11 is 0. The highest BCUT2D eigenvalue weighted by Crippen LogP contribution is 2.16. The minimum Gasteiger partial charge on any atom is -0.451 e. The zero-order valence-electron chi connectivity index (χ0n) is 14.7. The predicted octanol–water partition coefficient (Wildman–Crippen LogP) is 2.65. The third kappa shape index (κ3) is 5.60. The lowest BCUT2D eigenvalue weighted by Crippen LogP contribution is -2.42. The van der Waals surface area contributed by atoms with Crippen LogP contribution in [0.15, 0.2) is 48.5 Å². The van der Waals surface area contributed by atoms with Crippen LogP contribution in [-0.2, 0) is 14.3 Å². The van der Waals surface area contributed by atoms with E-state index in [1.807, 2.05) is 0 Å². The molecule has 0 aliphatic rings. The van der Waals surface area contributed by atoms with Gasteiger partial charge < -0.3 is 15.4 Å². The average molecular weight is 376 g/mol. The van der Waals surface area contributed by atoms with E-state index < -0.39 is 41.6 Å². The summed E-state index contributed by atoms with van der Waals surface area (Å²) < 4.78 is 31.7. The van der Waals surface area contributed by atoms with Crippen LogP contribution in [0, 0.1) is 11.6 Å². The molecule has 0 radical (unpaired) electrons. The van der Waals surface area contributed by atoms with Crippen molar-refractivity contribution in [3.05, 3.63) is 65.7 Å². The third-order valence-electron chi connectivity index (χ3n) is 3.59. The minimum atomic E-state index is -1.28. The lowest BCUT2D eigenvalue weighted by atomic mass is 10.2. The molecule has 142 valence electrons. The molecule has 27 heavy (non-hydrogen) atoms. The number of amides is 2. The van der Waals surface area contributed by atoms with Crippen molar-refractivity contribution in [3.63, 3.8) is 0 Å². The summed E-state index contributed by atoms with van der Waals surface area (Å²) in [5.74, 6) is -3.71. The van der Waals surface area contributed by atoms with Gasteiger partial charge in [0.1, 0.15) is 17.7 Å². The zero-order valence-corrected chi connectivity index (χ0v) is 14.7. The number of hydrogen-bond acceptors (Lipinski definition) is 4. The van der Waals surface area contributed by atoms with Gasteiger partial charge in [-0.2, -0.15) is 0 Å². The normalized spacial score (nSPS) is 12.6. The fourth-order valence-corrected chi connectivity index (χ4v) is 2.09. The van der Waals surface area contributed by atoms with Crippen LogP contribution in [0.3, 0.4) is 0 Å². The maximum atomic E-state index is 13.6. The highest BCUT2D eigenvalue weighted by Gasteiger charge is 2.24. The highest BCUT2D eigenvalue weighted by atomic mass is 19.1. The van der Waals surface area contributed by atoms with Crippen LogP contribution < -0.4 is 10.6 Å². The summed E-state index contributed by atoms with van der Waals surface area (Å²) in [4.78, 5) is 36.1. The summed E-state index contributed by atoms with van der Waals surface area (Å²) in [5, 5.41) is 4.59. The van der Waals surface area contributed by atoms with Gasteiger partial charge in [-0.25, -0.2) is 13.6 Å². The number of nitrogens with one attached hydrogen (secondary N) is 2. The first-order chi connectivity index (χ1) is 12.8. The molecule has 0 aliphatic carbocycles. The molecule has 0 unspecified atom stereocenters. The molecule has 2 aromatic carbocycles. The molecule has 0 saturated carbocycles. The van der Waals surface area contributed by atoms with Gasteiger partial charge in [-0.1, -0.05) is 18.2 Å². The van der Waals surface area contributed by atoms with Gasteiger partial charge in [-0.3, -0.25) is 9.59 Å². The van der Waals surface area contributed by atoms with Gasteiger partial charge in [-0.15, -0.1) is 0 Å². The van der Waals surface area contributed by atoms with E-state index >= 15 is 0 Å². The molecular formula is C19H18F2N2O4. The number of ether oxygens (including phenoxy) is 1. The van der Waals surface area contributed by atoms with Crippen molar-refractivity contribution >= 4 is 23.5 Å². The van der Waals surface area contributed by atoms with E-state index in [0.29, 0.717) is 5.56 Å². The Morgan fingerprint density at radius 2 is 1.67 bits per heavy atom. The van der Waals surface area contributed by atoms with Crippen molar-refractivity contribution in [1.82, 2.24) is 5.32 Å². The Hall–Kier alpha value is -3.29. The molecule has 0 spiro atoms. The fourth-order valence-electron chi connectivity index (χ4n) is 2.09. The van der Waals surface area contributed by atoms with E-state index in [4.69, 9.17) is 4.74 Å². The van der Waals surface area contributed by atoms with Crippen LogP contribution in [0.2, 0.25) is 0 Å². The van der Waals surface area contributed by atoms with Crippen LogP contribution >= 0.6 is 0 Å². The topological polar surface area (TPSA) is 84.5 Å². The van der Waals surface area contributed by atoms with Crippen LogP contribution in [0.25, 0.3) is 0 Å². The number of hydrogen-bond donors (Lipinski definition) is 2. The number of anilines is 1. The van der Waals surface area contributed by atoms with Gasteiger partial charge in [0, 0.05) is 11.6 Å². The SMILES string of the molecule is C[C@H](NC(=O)c1ccccc1)C(=O)O[C@H](C)C(=O)Nc1cc(F)ccc1F. The van der Waals surface area contributed by atoms with Gasteiger partial charge in [0.25, 0.3) is 11.8 Å². The molecule has 6 nitrogen and oxygen atoms in total. The second kappa shape index (κ2) is 8.88. The monoisotopic (exact) mass is 376 g/mol. The molecular weight excluding hydrogens is 358 g/mol. The van der Waals surface area contributed by atoms with Crippen LogP contribution in [-0.4, -0.2) is 29.9 Å². The van der Waals surface area contributed by atoms with Crippen molar-refractivity contribution in [2.45, 2.75) is 26.0 Å². The van der Waals surface area contributed by atoms with Gasteiger partial charge in [0.15, 0.2) is 6.10 Å². The lowest BCUT2D eigenvalue weighted by Gasteiger charge is -2.17. The first-order valence-electron chi connectivity index (χ1n) is 8.10. The van der Waals surface area contributed by atoms with E-state index in [1.54, 1.807) is 30.3 Å². The number of rotatable bonds is 6. The second-order valence-corrected chi connectivity index (χ2v) is 5.75. The molecule has 8 heteroatoms. The van der Waals surface area contributed by atoms with Gasteiger partial charge in [0.05, 0.1) is 5.69 Å². The molecule has 2 N–H and O–H groups in total. The van der Waals surface area contributed by atoms with Crippen molar-refractivity contribution in [2.75, 3.05) is 5.32 Å². The highest BCUT2D eigenvalue weighted by molar-refractivity contribution is 5.98. The Bertz CT molecular complexity index is 843. The molecule has 0 saturated heterocycles. The largest absolute Gasteiger partial charge is 0.451 e. The van der Waals surface area contributed by atoms with Gasteiger partial charge in [-0.05, 0) is 38.1 Å². The Morgan fingerprint density at radius 1 is 1.00 bits per heavy atom. The number of esters is 1. The molecule has 0 heterocycles. The molecule has 0 aromatic heterocycles. The van der Waals surface area contributed by atoms with Crippen molar-refractivity contribution in [3.8, 4) is 0 Å². The van der Waals surface area contributed by atoms with E-state index in [0.717, 1.165) is 18.2 Å². The Balaban J connectivity index is 1.91. The molecule has 0 aliphatic heterocycles. The Morgan fingerprint density at radius 3 is 2.33 bits per heavy atom. The van der Waals surface area contributed by atoms with E-state index in [1.165, 1.54) is 13.8 Å². The smallest absolute Gasteiger partial charge is 0.329 e. The van der Waals surface area contributed by atoms with Crippen molar-refractivity contribution < 1.29 is 27.9 Å². The number of halogens is 2. The third-order valence-corrected chi connectivity index (χ3v) is 3.59. The molecule has 0 fully saturated rings. The summed E-state index contributed by atoms with van der Waals surface area (Å²) in [6.07, 6.45) is -1.28. The molecule has 2 rings (SSSR count). The average Bonchev–Trinajstić information content (AvgIpc) is 2.65. The van der Waals surface area contributed by atoms with Crippen LogP contribution in [0.5, 0.6) is 0 Å².